The molecular weight excluding hydrogens is 208 g/mol. The first-order valence-electron chi connectivity index (χ1n) is 4.17. The second kappa shape index (κ2) is 4.37. The normalized spacial score (nSPS) is 27.4. The summed E-state index contributed by atoms with van der Waals surface area (Å²) in [5.74, 6) is -2.70. The van der Waals surface area contributed by atoms with E-state index in [9.17, 15) is 14.4 Å². The number of hydrogen-bond donors (Lipinski definition) is 2. The number of ketones is 1. The van der Waals surface area contributed by atoms with Crippen molar-refractivity contribution in [1.82, 2.24) is 0 Å². The summed E-state index contributed by atoms with van der Waals surface area (Å²) in [6, 6.07) is 0. The van der Waals surface area contributed by atoms with Crippen molar-refractivity contribution >= 4 is 17.7 Å². The lowest BCUT2D eigenvalue weighted by Crippen LogP contribution is -2.37. The van der Waals surface area contributed by atoms with Crippen molar-refractivity contribution in [3.05, 3.63) is 0 Å². The zero-order chi connectivity index (χ0) is 11.6. The number of carbonyl (C=O) groups is 3. The van der Waals surface area contributed by atoms with Crippen molar-refractivity contribution < 1.29 is 34.1 Å². The monoisotopic (exact) mass is 218 g/mol. The summed E-state index contributed by atoms with van der Waals surface area (Å²) in [6.07, 6.45) is -4.59. The summed E-state index contributed by atoms with van der Waals surface area (Å²) >= 11 is 0. The third kappa shape index (κ3) is 2.31. The fourth-order valence-corrected chi connectivity index (χ4v) is 1.15. The molecule has 0 radical (unpaired) electrons. The van der Waals surface area contributed by atoms with Gasteiger partial charge >= 0.3 is 11.9 Å². The lowest BCUT2D eigenvalue weighted by molar-refractivity contribution is -0.161. The molecule has 84 valence electrons. The van der Waals surface area contributed by atoms with Crippen LogP contribution in [-0.4, -0.2) is 52.9 Å². The predicted octanol–water partition coefficient (Wildman–Crippen LogP) is -2.23. The van der Waals surface area contributed by atoms with E-state index in [0.717, 1.165) is 6.92 Å². The molecule has 2 N–H and O–H groups in total. The van der Waals surface area contributed by atoms with Crippen LogP contribution in [0.2, 0.25) is 0 Å². The molecule has 0 aromatic rings. The van der Waals surface area contributed by atoms with Crippen LogP contribution in [0.25, 0.3) is 0 Å². The van der Waals surface area contributed by atoms with Gasteiger partial charge in [0.1, 0.15) is 6.10 Å². The summed E-state index contributed by atoms with van der Waals surface area (Å²) in [5, 5.41) is 17.7. The van der Waals surface area contributed by atoms with Gasteiger partial charge in [0.15, 0.2) is 6.10 Å². The summed E-state index contributed by atoms with van der Waals surface area (Å²) in [6.45, 7) is 0.312. The lowest BCUT2D eigenvalue weighted by Gasteiger charge is -2.11. The Balaban J connectivity index is 2.74. The van der Waals surface area contributed by atoms with Gasteiger partial charge in [-0.3, -0.25) is 9.59 Å². The molecular formula is C8H10O7. The second-order valence-electron chi connectivity index (χ2n) is 3.00. The SMILES string of the molecule is CC(=O)OC1C(=O)OC(C(O)CO)C1=O. The molecule has 0 aromatic carbocycles. The molecule has 7 heteroatoms. The fourth-order valence-electron chi connectivity index (χ4n) is 1.15. The lowest BCUT2D eigenvalue weighted by atomic mass is 10.1. The topological polar surface area (TPSA) is 110 Å². The van der Waals surface area contributed by atoms with E-state index in [-0.39, 0.29) is 0 Å². The van der Waals surface area contributed by atoms with Crippen LogP contribution < -0.4 is 0 Å². The average molecular weight is 218 g/mol. The van der Waals surface area contributed by atoms with E-state index in [1.807, 2.05) is 0 Å². The molecule has 15 heavy (non-hydrogen) atoms. The summed E-state index contributed by atoms with van der Waals surface area (Å²) < 4.78 is 8.87. The maximum atomic E-state index is 11.4. The van der Waals surface area contributed by atoms with E-state index >= 15 is 0 Å². The van der Waals surface area contributed by atoms with E-state index in [1.54, 1.807) is 0 Å². The van der Waals surface area contributed by atoms with Gasteiger partial charge in [0.25, 0.3) is 6.10 Å². The van der Waals surface area contributed by atoms with Gasteiger partial charge in [-0.05, 0) is 0 Å². The van der Waals surface area contributed by atoms with E-state index in [4.69, 9.17) is 10.2 Å². The van der Waals surface area contributed by atoms with E-state index in [1.165, 1.54) is 0 Å². The van der Waals surface area contributed by atoms with E-state index in [0.29, 0.717) is 0 Å². The highest BCUT2D eigenvalue weighted by molar-refractivity contribution is 6.10. The number of cyclic esters (lactones) is 1. The van der Waals surface area contributed by atoms with Crippen LogP contribution >= 0.6 is 0 Å². The smallest absolute Gasteiger partial charge is 0.356 e. The van der Waals surface area contributed by atoms with E-state index in [2.05, 4.69) is 9.47 Å². The number of Topliss-reactive ketones (excluding diaryl/α,β-unsaturated/α-hetero) is 1. The van der Waals surface area contributed by atoms with Crippen molar-refractivity contribution in [2.75, 3.05) is 6.61 Å². The number of aliphatic hydroxyl groups excluding tert-OH is 2. The van der Waals surface area contributed by atoms with Crippen LogP contribution in [0.5, 0.6) is 0 Å². The minimum atomic E-state index is -1.63. The van der Waals surface area contributed by atoms with Crippen LogP contribution in [0.3, 0.4) is 0 Å². The molecule has 1 heterocycles. The second-order valence-corrected chi connectivity index (χ2v) is 3.00. The Morgan fingerprint density at radius 2 is 2.20 bits per heavy atom. The molecule has 1 rings (SSSR count). The number of hydrogen-bond acceptors (Lipinski definition) is 7. The molecule has 3 unspecified atom stereocenters. The minimum absolute atomic E-state index is 0.726. The van der Waals surface area contributed by atoms with Crippen LogP contribution in [0.15, 0.2) is 0 Å². The Morgan fingerprint density at radius 3 is 2.67 bits per heavy atom. The highest BCUT2D eigenvalue weighted by Gasteiger charge is 2.48. The van der Waals surface area contributed by atoms with Gasteiger partial charge in [-0.25, -0.2) is 4.79 Å². The Bertz CT molecular complexity index is 297. The van der Waals surface area contributed by atoms with Gasteiger partial charge in [0.05, 0.1) is 6.61 Å². The van der Waals surface area contributed by atoms with Gasteiger partial charge < -0.3 is 19.7 Å². The molecule has 1 fully saturated rings. The first-order chi connectivity index (χ1) is 6.97. The molecule has 3 atom stereocenters. The molecule has 0 saturated carbocycles. The summed E-state index contributed by atoms with van der Waals surface area (Å²) in [4.78, 5) is 32.9. The number of esters is 2. The molecule has 1 saturated heterocycles. The Morgan fingerprint density at radius 1 is 1.60 bits per heavy atom. The van der Waals surface area contributed by atoms with Gasteiger partial charge in [0.2, 0.25) is 5.78 Å². The fraction of sp³-hybridized carbons (Fsp3) is 0.625. The van der Waals surface area contributed by atoms with Crippen LogP contribution in [-0.2, 0) is 23.9 Å². The maximum Gasteiger partial charge on any atom is 0.356 e. The van der Waals surface area contributed by atoms with Crippen molar-refractivity contribution in [2.45, 2.75) is 25.2 Å². The highest BCUT2D eigenvalue weighted by Crippen LogP contribution is 2.17. The Hall–Kier alpha value is -1.47. The molecule has 0 aromatic heterocycles. The third-order valence-corrected chi connectivity index (χ3v) is 1.82. The van der Waals surface area contributed by atoms with Gasteiger partial charge in [-0.15, -0.1) is 0 Å². The van der Waals surface area contributed by atoms with Crippen LogP contribution in [0.4, 0.5) is 0 Å². The molecule has 0 amide bonds. The molecule has 1 aliphatic rings. The molecule has 7 nitrogen and oxygen atoms in total. The molecule has 0 spiro atoms. The number of carbonyl (C=O) groups excluding carboxylic acids is 3. The van der Waals surface area contributed by atoms with Crippen molar-refractivity contribution in [3.8, 4) is 0 Å². The van der Waals surface area contributed by atoms with Crippen LogP contribution in [0, 0.1) is 0 Å². The summed E-state index contributed by atoms with van der Waals surface area (Å²) in [5.41, 5.74) is 0. The van der Waals surface area contributed by atoms with Gasteiger partial charge in [-0.2, -0.15) is 0 Å². The molecule has 0 bridgehead atoms. The predicted molar refractivity (Wildman–Crippen MR) is 43.5 cm³/mol. The van der Waals surface area contributed by atoms with Crippen LogP contribution in [0.1, 0.15) is 6.92 Å². The quantitative estimate of drug-likeness (QED) is 0.407. The maximum absolute atomic E-state index is 11.4. The molecule has 0 aliphatic carbocycles. The standard InChI is InChI=1S/C8H10O7/c1-3(10)14-7-5(12)6(4(11)2-9)15-8(7)13/h4,6-7,9,11H,2H2,1H3. The number of ether oxygens (including phenoxy) is 2. The third-order valence-electron chi connectivity index (χ3n) is 1.82. The van der Waals surface area contributed by atoms with Crippen molar-refractivity contribution in [1.29, 1.82) is 0 Å². The highest BCUT2D eigenvalue weighted by atomic mass is 16.6. The largest absolute Gasteiger partial charge is 0.448 e. The van der Waals surface area contributed by atoms with Gasteiger partial charge in [0, 0.05) is 6.92 Å². The number of rotatable bonds is 3. The number of aliphatic hydroxyl groups is 2. The Labute approximate surface area is 84.6 Å². The minimum Gasteiger partial charge on any atom is -0.448 e. The van der Waals surface area contributed by atoms with Crippen molar-refractivity contribution in [3.63, 3.8) is 0 Å². The zero-order valence-electron chi connectivity index (χ0n) is 7.87. The first kappa shape index (κ1) is 11.6. The summed E-state index contributed by atoms with van der Waals surface area (Å²) in [7, 11) is 0. The van der Waals surface area contributed by atoms with Gasteiger partial charge in [-0.1, -0.05) is 0 Å². The molecule has 1 aliphatic heterocycles. The van der Waals surface area contributed by atoms with E-state index < -0.39 is 42.6 Å². The average Bonchev–Trinajstić information content (AvgIpc) is 2.44. The van der Waals surface area contributed by atoms with Crippen molar-refractivity contribution in [2.24, 2.45) is 0 Å². The zero-order valence-corrected chi connectivity index (χ0v) is 7.87. The Kier molecular flexibility index (Phi) is 3.38. The first-order valence-corrected chi connectivity index (χ1v) is 4.17.